The van der Waals surface area contributed by atoms with Gasteiger partial charge in [-0.05, 0) is 40.1 Å². The van der Waals surface area contributed by atoms with Crippen molar-refractivity contribution < 1.29 is 23.8 Å². The van der Waals surface area contributed by atoms with Gasteiger partial charge in [0.25, 0.3) is 0 Å². The van der Waals surface area contributed by atoms with E-state index in [9.17, 15) is 9.59 Å². The summed E-state index contributed by atoms with van der Waals surface area (Å²) in [6.45, 7) is 6.14. The largest absolute Gasteiger partial charge is 0.491 e. The highest BCUT2D eigenvalue weighted by atomic mass is 32.1. The first-order valence-corrected chi connectivity index (χ1v) is 8.82. The first-order chi connectivity index (χ1) is 11.8. The van der Waals surface area contributed by atoms with Crippen molar-refractivity contribution in [1.82, 2.24) is 4.90 Å². The smallest absolute Gasteiger partial charge is 0.348 e. The zero-order valence-electron chi connectivity index (χ0n) is 15.1. The van der Waals surface area contributed by atoms with Crippen LogP contribution in [0.5, 0.6) is 11.5 Å². The molecule has 6 nitrogen and oxygen atoms in total. The number of carbonyl (C=O) groups is 2. The van der Waals surface area contributed by atoms with Gasteiger partial charge >= 0.3 is 11.9 Å². The summed E-state index contributed by atoms with van der Waals surface area (Å²) in [6.07, 6.45) is -0.0157. The van der Waals surface area contributed by atoms with E-state index in [0.29, 0.717) is 34.9 Å². The minimum Gasteiger partial charge on any atom is -0.491 e. The maximum Gasteiger partial charge on any atom is 0.348 e. The van der Waals surface area contributed by atoms with Gasteiger partial charge in [0.1, 0.15) is 23.0 Å². The van der Waals surface area contributed by atoms with E-state index in [-0.39, 0.29) is 12.1 Å². The molecular formula is C18H23NO5S. The van der Waals surface area contributed by atoms with Crippen molar-refractivity contribution in [3.63, 3.8) is 0 Å². The Morgan fingerprint density at radius 2 is 1.92 bits per heavy atom. The molecule has 0 N–H and O–H groups in total. The second kappa shape index (κ2) is 8.31. The molecule has 0 radical (unpaired) electrons. The second-order valence-corrected chi connectivity index (χ2v) is 7.23. The van der Waals surface area contributed by atoms with Crippen LogP contribution >= 0.6 is 11.3 Å². The lowest BCUT2D eigenvalue weighted by atomic mass is 10.2. The van der Waals surface area contributed by atoms with Gasteiger partial charge in [0, 0.05) is 29.6 Å². The minimum atomic E-state index is -0.427. The number of nitrogens with zero attached hydrogens (tertiary/aromatic N) is 1. The summed E-state index contributed by atoms with van der Waals surface area (Å²) in [6, 6.07) is 5.19. The first kappa shape index (κ1) is 19.2. The Balaban J connectivity index is 2.32. The van der Waals surface area contributed by atoms with Gasteiger partial charge in [0.2, 0.25) is 0 Å². The average Bonchev–Trinajstić information content (AvgIpc) is 2.89. The number of rotatable bonds is 7. The second-order valence-electron chi connectivity index (χ2n) is 6.14. The van der Waals surface area contributed by atoms with E-state index in [4.69, 9.17) is 14.2 Å². The summed E-state index contributed by atoms with van der Waals surface area (Å²) in [4.78, 5) is 26.0. The van der Waals surface area contributed by atoms with Gasteiger partial charge < -0.3 is 19.1 Å². The number of hydrogen-bond acceptors (Lipinski definition) is 7. The third-order valence-electron chi connectivity index (χ3n) is 3.17. The molecule has 136 valence electrons. The topological polar surface area (TPSA) is 65.1 Å². The Labute approximate surface area is 151 Å². The van der Waals surface area contributed by atoms with Crippen LogP contribution in [-0.2, 0) is 9.53 Å². The molecule has 1 aromatic heterocycles. The number of carbonyl (C=O) groups excluding carboxylic acids is 2. The third kappa shape index (κ3) is 5.44. The summed E-state index contributed by atoms with van der Waals surface area (Å²) in [5, 5.41) is 0.691. The van der Waals surface area contributed by atoms with E-state index in [2.05, 4.69) is 0 Å². The summed E-state index contributed by atoms with van der Waals surface area (Å²) in [5.74, 6) is 0.157. The lowest BCUT2D eigenvalue weighted by molar-refractivity contribution is -0.131. The molecule has 0 spiro atoms. The first-order valence-electron chi connectivity index (χ1n) is 8.00. The highest BCUT2D eigenvalue weighted by Crippen LogP contribution is 2.37. The van der Waals surface area contributed by atoms with Crippen LogP contribution in [0, 0.1) is 0 Å². The predicted octanol–water partition coefficient (Wildman–Crippen LogP) is 3.33. The van der Waals surface area contributed by atoms with Gasteiger partial charge in [-0.3, -0.25) is 4.79 Å². The Hall–Kier alpha value is -2.12. The molecule has 0 saturated heterocycles. The molecule has 0 aliphatic heterocycles. The van der Waals surface area contributed by atoms with Crippen molar-refractivity contribution in [3.8, 4) is 11.5 Å². The summed E-state index contributed by atoms with van der Waals surface area (Å²) >= 11 is 1.29. The van der Waals surface area contributed by atoms with Crippen LogP contribution in [0.25, 0.3) is 10.1 Å². The molecule has 25 heavy (non-hydrogen) atoms. The van der Waals surface area contributed by atoms with Crippen molar-refractivity contribution in [2.45, 2.75) is 26.9 Å². The summed E-state index contributed by atoms with van der Waals surface area (Å²) in [5.41, 5.74) is 0. The molecule has 0 aliphatic rings. The fraction of sp³-hybridized carbons (Fsp3) is 0.444. The van der Waals surface area contributed by atoms with Gasteiger partial charge in [-0.2, -0.15) is 0 Å². The van der Waals surface area contributed by atoms with Crippen LogP contribution in [0.4, 0.5) is 0 Å². The van der Waals surface area contributed by atoms with Crippen molar-refractivity contribution in [3.05, 3.63) is 23.1 Å². The zero-order valence-corrected chi connectivity index (χ0v) is 15.9. The predicted molar refractivity (Wildman–Crippen MR) is 97.7 cm³/mol. The molecular weight excluding hydrogens is 342 g/mol. The highest BCUT2D eigenvalue weighted by molar-refractivity contribution is 7.20. The molecule has 2 aromatic rings. The van der Waals surface area contributed by atoms with Gasteiger partial charge in [-0.25, -0.2) is 4.79 Å². The minimum absolute atomic E-state index is 0.0157. The van der Waals surface area contributed by atoms with Gasteiger partial charge in [0.05, 0.1) is 6.10 Å². The quantitative estimate of drug-likeness (QED) is 0.554. The molecule has 2 rings (SSSR count). The lowest BCUT2D eigenvalue weighted by Gasteiger charge is -2.11. The van der Waals surface area contributed by atoms with E-state index in [1.54, 1.807) is 12.1 Å². The molecule has 0 saturated carbocycles. The highest BCUT2D eigenvalue weighted by Gasteiger charge is 2.17. The van der Waals surface area contributed by atoms with Crippen LogP contribution in [0.15, 0.2) is 18.2 Å². The fourth-order valence-corrected chi connectivity index (χ4v) is 3.16. The number of ether oxygens (including phenoxy) is 3. The zero-order chi connectivity index (χ0) is 18.6. The normalized spacial score (nSPS) is 11.2. The maximum atomic E-state index is 12.2. The van der Waals surface area contributed by atoms with Crippen molar-refractivity contribution in [2.75, 3.05) is 27.2 Å². The van der Waals surface area contributed by atoms with E-state index in [1.165, 1.54) is 18.3 Å². The van der Waals surface area contributed by atoms with Crippen molar-refractivity contribution in [1.29, 1.82) is 0 Å². The molecule has 0 fully saturated rings. The fourth-order valence-electron chi connectivity index (χ4n) is 2.15. The standard InChI is InChI=1S/C18H23NO5S/c1-11(2)23-13-8-15(24-12(3)20)14-10-17(25-16(14)9-13)18(21)22-7-6-19(4)5/h8-11H,6-7H2,1-5H3. The van der Waals surface area contributed by atoms with Crippen LogP contribution in [0.2, 0.25) is 0 Å². The van der Waals surface area contributed by atoms with E-state index < -0.39 is 5.97 Å². The Morgan fingerprint density at radius 3 is 2.52 bits per heavy atom. The maximum absolute atomic E-state index is 12.2. The van der Waals surface area contributed by atoms with Crippen LogP contribution in [-0.4, -0.2) is 50.2 Å². The van der Waals surface area contributed by atoms with Gasteiger partial charge in [-0.15, -0.1) is 11.3 Å². The number of likely N-dealkylation sites (N-methyl/N-ethyl adjacent to an activating group) is 1. The number of hydrogen-bond donors (Lipinski definition) is 0. The lowest BCUT2D eigenvalue weighted by Crippen LogP contribution is -2.19. The number of thiophene rings is 1. The molecule has 0 unspecified atom stereocenters. The molecule has 0 atom stereocenters. The molecule has 7 heteroatoms. The van der Waals surface area contributed by atoms with E-state index >= 15 is 0 Å². The van der Waals surface area contributed by atoms with Crippen molar-refractivity contribution in [2.24, 2.45) is 0 Å². The van der Waals surface area contributed by atoms with E-state index in [0.717, 1.165) is 4.70 Å². The average molecular weight is 365 g/mol. The van der Waals surface area contributed by atoms with Crippen LogP contribution < -0.4 is 9.47 Å². The molecule has 0 bridgehead atoms. The molecule has 0 aliphatic carbocycles. The van der Waals surface area contributed by atoms with Crippen LogP contribution in [0.1, 0.15) is 30.4 Å². The molecule has 0 amide bonds. The van der Waals surface area contributed by atoms with Crippen molar-refractivity contribution >= 4 is 33.4 Å². The Morgan fingerprint density at radius 1 is 1.20 bits per heavy atom. The summed E-state index contributed by atoms with van der Waals surface area (Å²) < 4.78 is 17.1. The molecule has 1 heterocycles. The van der Waals surface area contributed by atoms with Gasteiger partial charge in [0.15, 0.2) is 0 Å². The molecule has 1 aromatic carbocycles. The Bertz CT molecular complexity index is 766. The number of benzene rings is 1. The Kier molecular flexibility index (Phi) is 6.39. The SMILES string of the molecule is CC(=O)Oc1cc(OC(C)C)cc2sc(C(=O)OCCN(C)C)cc12. The number of esters is 2. The van der Waals surface area contributed by atoms with Crippen LogP contribution in [0.3, 0.4) is 0 Å². The third-order valence-corrected chi connectivity index (χ3v) is 4.23. The summed E-state index contributed by atoms with van der Waals surface area (Å²) in [7, 11) is 3.82. The van der Waals surface area contributed by atoms with E-state index in [1.807, 2.05) is 38.9 Å². The monoisotopic (exact) mass is 365 g/mol. The number of fused-ring (bicyclic) bond motifs is 1. The van der Waals surface area contributed by atoms with Gasteiger partial charge in [-0.1, -0.05) is 0 Å².